The summed E-state index contributed by atoms with van der Waals surface area (Å²) in [7, 11) is -3.47. The molecule has 0 radical (unpaired) electrons. The Balaban J connectivity index is 0.000000370. The molecule has 0 atom stereocenters. The summed E-state index contributed by atoms with van der Waals surface area (Å²) in [5.41, 5.74) is 12.3. The number of hydrogen-bond donors (Lipinski definition) is 1. The van der Waals surface area contributed by atoms with E-state index in [9.17, 15) is 38.2 Å². The molecule has 0 aliphatic rings. The molecule has 4 aromatic carbocycles. The zero-order valence-electron chi connectivity index (χ0n) is 29.4. The highest BCUT2D eigenvalue weighted by atomic mass is 32.2. The number of aromatic nitrogens is 2. The fraction of sp³-hybridized carbons (Fsp3) is 0.179. The van der Waals surface area contributed by atoms with Gasteiger partial charge >= 0.3 is 0 Å². The van der Waals surface area contributed by atoms with Gasteiger partial charge in [0.05, 0.1) is 27.1 Å². The minimum atomic E-state index is -3.47. The number of carbonyl (C=O) groups is 1. The van der Waals surface area contributed by atoms with Crippen LogP contribution < -0.4 is 5.73 Å². The van der Waals surface area contributed by atoms with Gasteiger partial charge in [-0.25, -0.2) is 23.2 Å². The number of hydrogen-bond acceptors (Lipinski definition) is 14. The van der Waals surface area contributed by atoms with E-state index in [4.69, 9.17) is 14.6 Å². The molecule has 0 amide bonds. The van der Waals surface area contributed by atoms with Crippen molar-refractivity contribution in [3.8, 4) is 22.6 Å². The van der Waals surface area contributed by atoms with Gasteiger partial charge < -0.3 is 14.6 Å². The van der Waals surface area contributed by atoms with Crippen LogP contribution in [0.15, 0.2) is 123 Å². The summed E-state index contributed by atoms with van der Waals surface area (Å²) < 4.78 is 33.2. The van der Waals surface area contributed by atoms with E-state index in [1.807, 2.05) is 32.0 Å². The van der Waals surface area contributed by atoms with Crippen molar-refractivity contribution in [3.63, 3.8) is 0 Å². The van der Waals surface area contributed by atoms with Gasteiger partial charge in [-0.05, 0) is 86.8 Å². The molecule has 6 aromatic rings. The highest BCUT2D eigenvalue weighted by molar-refractivity contribution is 7.91. The number of isocyanates is 1. The number of aldehydes is 1. The molecule has 294 valence electrons. The van der Waals surface area contributed by atoms with Crippen molar-refractivity contribution in [2.75, 3.05) is 11.6 Å². The lowest BCUT2D eigenvalue weighted by Crippen LogP contribution is -2.04. The number of non-ortho nitro benzene ring substituents is 2. The Morgan fingerprint density at radius 2 is 1.23 bits per heavy atom. The first-order chi connectivity index (χ1) is 25.7. The van der Waals surface area contributed by atoms with Gasteiger partial charge in [0.2, 0.25) is 6.08 Å². The Hall–Kier alpha value is -7.10. The van der Waals surface area contributed by atoms with Gasteiger partial charge in [-0.3, -0.25) is 25.0 Å². The van der Waals surface area contributed by atoms with Crippen LogP contribution in [0.2, 0.25) is 0 Å². The predicted octanol–water partition coefficient (Wildman–Crippen LogP) is 8.84. The third kappa shape index (κ3) is 13.7. The van der Waals surface area contributed by atoms with E-state index in [1.165, 1.54) is 61.3 Å². The summed E-state index contributed by atoms with van der Waals surface area (Å²) >= 11 is 0. The number of rotatable bonds is 8. The van der Waals surface area contributed by atoms with E-state index in [2.05, 4.69) is 15.0 Å². The predicted molar refractivity (Wildman–Crippen MR) is 212 cm³/mol. The molecule has 0 bridgehead atoms. The van der Waals surface area contributed by atoms with Crippen molar-refractivity contribution in [3.05, 3.63) is 152 Å². The third-order valence-corrected chi connectivity index (χ3v) is 8.80. The molecule has 6 rings (SSSR count). The van der Waals surface area contributed by atoms with E-state index < -0.39 is 25.6 Å². The van der Waals surface area contributed by atoms with Gasteiger partial charge in [-0.2, -0.15) is 4.99 Å². The molecule has 17 heteroatoms. The fourth-order valence-corrected chi connectivity index (χ4v) is 5.46. The summed E-state index contributed by atoms with van der Waals surface area (Å²) in [6.45, 7) is 7.32. The highest BCUT2D eigenvalue weighted by Gasteiger charge is 2.13. The second kappa shape index (κ2) is 22.2. The summed E-state index contributed by atoms with van der Waals surface area (Å²) in [5.74, 6) is 0.847. The van der Waals surface area contributed by atoms with E-state index in [0.29, 0.717) is 23.2 Å². The Morgan fingerprint density at radius 1 is 0.750 bits per heavy atom. The SMILES string of the molecule is C.C.Cc1cc(N)ccc1-c1cnco1.Cc1cc([N+](=O)[O-])ccc1-c1cnco1.Cc1cc([N+](=O)[O-])ccc1C=O.Cc1ccc(S(=O)(=O)CN=C=O)cc1. The number of aliphatic imine (C=N–C) groups is 1. The Kier molecular flexibility index (Phi) is 18.6. The first kappa shape index (κ1) is 46.9. The number of anilines is 1. The molecule has 0 unspecified atom stereocenters. The van der Waals surface area contributed by atoms with Gasteiger partial charge in [0.25, 0.3) is 11.4 Å². The number of oxazole rings is 2. The lowest BCUT2D eigenvalue weighted by molar-refractivity contribution is -0.385. The van der Waals surface area contributed by atoms with Crippen LogP contribution in [0.3, 0.4) is 0 Å². The highest BCUT2D eigenvalue weighted by Crippen LogP contribution is 2.26. The first-order valence-electron chi connectivity index (χ1n) is 15.6. The molecule has 0 saturated heterocycles. The number of aryl methyl sites for hydroxylation is 4. The fourth-order valence-electron chi connectivity index (χ4n) is 4.54. The lowest BCUT2D eigenvalue weighted by Gasteiger charge is -2.02. The largest absolute Gasteiger partial charge is 0.444 e. The van der Waals surface area contributed by atoms with Crippen LogP contribution in [-0.2, 0) is 14.6 Å². The van der Waals surface area contributed by atoms with Crippen molar-refractivity contribution in [2.24, 2.45) is 4.99 Å². The summed E-state index contributed by atoms with van der Waals surface area (Å²) in [6, 6.07) is 20.8. The molecule has 0 saturated carbocycles. The van der Waals surface area contributed by atoms with Crippen molar-refractivity contribution in [2.45, 2.75) is 47.4 Å². The zero-order chi connectivity index (χ0) is 39.8. The van der Waals surface area contributed by atoms with Gasteiger partial charge in [0.1, 0.15) is 6.29 Å². The molecule has 0 fully saturated rings. The van der Waals surface area contributed by atoms with E-state index in [-0.39, 0.29) is 31.1 Å². The summed E-state index contributed by atoms with van der Waals surface area (Å²) in [4.78, 5) is 50.9. The minimum absolute atomic E-state index is 0. The average Bonchev–Trinajstić information content (AvgIpc) is 3.88. The first-order valence-corrected chi connectivity index (χ1v) is 17.2. The van der Waals surface area contributed by atoms with Crippen LogP contribution in [0.5, 0.6) is 0 Å². The molecule has 56 heavy (non-hydrogen) atoms. The average molecular weight is 787 g/mol. The third-order valence-electron chi connectivity index (χ3n) is 7.34. The normalized spacial score (nSPS) is 9.79. The molecule has 2 aromatic heterocycles. The number of nitrogens with zero attached hydrogens (tertiary/aromatic N) is 5. The maximum Gasteiger partial charge on any atom is 0.269 e. The zero-order valence-corrected chi connectivity index (χ0v) is 30.2. The monoisotopic (exact) mass is 786 g/mol. The molecular formula is C39H42N6O10S. The van der Waals surface area contributed by atoms with E-state index >= 15 is 0 Å². The second-order valence-electron chi connectivity index (χ2n) is 11.3. The molecule has 0 spiro atoms. The molecule has 0 aliphatic carbocycles. The number of nitro benzene ring substituents is 2. The van der Waals surface area contributed by atoms with Gasteiger partial charge in [-0.15, -0.1) is 0 Å². The van der Waals surface area contributed by atoms with Crippen LogP contribution in [0.25, 0.3) is 22.6 Å². The van der Waals surface area contributed by atoms with Crippen LogP contribution in [-0.4, -0.2) is 46.5 Å². The maximum absolute atomic E-state index is 11.4. The summed E-state index contributed by atoms with van der Waals surface area (Å²) in [6.07, 6.45) is 7.90. The minimum Gasteiger partial charge on any atom is -0.444 e. The number of sulfone groups is 1. The Morgan fingerprint density at radius 3 is 1.64 bits per heavy atom. The topological polar surface area (TPSA) is 245 Å². The van der Waals surface area contributed by atoms with E-state index in [0.717, 1.165) is 39.3 Å². The van der Waals surface area contributed by atoms with Crippen molar-refractivity contribution < 1.29 is 36.7 Å². The maximum atomic E-state index is 11.4. The molecule has 0 aliphatic heterocycles. The van der Waals surface area contributed by atoms with E-state index in [1.54, 1.807) is 44.4 Å². The van der Waals surface area contributed by atoms with Gasteiger partial charge in [0, 0.05) is 46.6 Å². The standard InChI is InChI=1S/C10H8N2O3.C10H10N2O.C9H9NO3S.C8H7NO3.2CH4/c1-7-4-8(12(13)14)2-3-9(7)10-5-11-6-15-10;1-7-4-8(11)2-3-9(7)10-5-12-6-13-10;1-8-2-4-9(5-3-8)14(12,13)7-10-6-11;1-6-4-8(9(11)12)3-2-7(6)5-10;;/h2-6H,1H3;2-6H,11H2,1H3;2-5H,7H2,1H3;2-5H,1H3;2*1H4. The second-order valence-corrected chi connectivity index (χ2v) is 13.2. The number of nitrogens with two attached hydrogens (primary N) is 1. The van der Waals surface area contributed by atoms with Gasteiger partial charge in [0.15, 0.2) is 40.0 Å². The molecule has 2 heterocycles. The van der Waals surface area contributed by atoms with Crippen LogP contribution in [0.1, 0.15) is 47.5 Å². The van der Waals surface area contributed by atoms with Crippen LogP contribution in [0.4, 0.5) is 17.1 Å². The van der Waals surface area contributed by atoms with Crippen molar-refractivity contribution in [1.82, 2.24) is 9.97 Å². The van der Waals surface area contributed by atoms with Crippen LogP contribution in [0, 0.1) is 47.9 Å². The summed E-state index contributed by atoms with van der Waals surface area (Å²) in [5, 5.41) is 20.8. The molecular weight excluding hydrogens is 745 g/mol. The smallest absolute Gasteiger partial charge is 0.269 e. The Bertz CT molecular complexity index is 2360. The van der Waals surface area contributed by atoms with Gasteiger partial charge in [-0.1, -0.05) is 32.5 Å². The Labute approximate surface area is 324 Å². The van der Waals surface area contributed by atoms with Crippen LogP contribution >= 0.6 is 0 Å². The number of nitro groups is 2. The lowest BCUT2D eigenvalue weighted by atomic mass is 10.1. The van der Waals surface area contributed by atoms with Crippen molar-refractivity contribution in [1.29, 1.82) is 0 Å². The quantitative estimate of drug-likeness (QED) is 0.0379. The molecule has 16 nitrogen and oxygen atoms in total. The number of benzene rings is 4. The molecule has 2 N–H and O–H groups in total. The number of carbonyl (C=O) groups excluding carboxylic acids is 2. The van der Waals surface area contributed by atoms with Crippen molar-refractivity contribution >= 4 is 39.3 Å². The number of nitrogen functional groups attached to an aromatic ring is 1.